The number of Topliss-reactive ketones (excluding diaryl/α,β-unsaturated/α-hetero) is 1. The van der Waals surface area contributed by atoms with Crippen LogP contribution in [0.5, 0.6) is 11.5 Å². The molecule has 0 bridgehead atoms. The lowest BCUT2D eigenvalue weighted by Gasteiger charge is -2.47. The zero-order valence-corrected chi connectivity index (χ0v) is 31.5. The van der Waals surface area contributed by atoms with Crippen molar-refractivity contribution in [1.29, 1.82) is 0 Å². The van der Waals surface area contributed by atoms with E-state index in [-0.39, 0.29) is 59.1 Å². The zero-order chi connectivity index (χ0) is 38.8. The molecule has 54 heavy (non-hydrogen) atoms. The van der Waals surface area contributed by atoms with Crippen LogP contribution in [0.1, 0.15) is 115 Å². The lowest BCUT2D eigenvalue weighted by molar-refractivity contribution is -0.324. The number of aliphatic hydroxyl groups is 2. The number of ether oxygens (including phenoxy) is 6. The predicted molar refractivity (Wildman–Crippen MR) is 190 cm³/mol. The highest BCUT2D eigenvalue weighted by atomic mass is 16.7. The lowest BCUT2D eigenvalue weighted by atomic mass is 9.73. The van der Waals surface area contributed by atoms with Crippen LogP contribution < -0.4 is 0 Å². The number of phenolic OH excluding ortho intramolecular Hbond substituents is 2. The normalized spacial score (nSPS) is 36.8. The minimum atomic E-state index is -1.22. The van der Waals surface area contributed by atoms with Gasteiger partial charge in [0.2, 0.25) is 5.78 Å². The van der Waals surface area contributed by atoms with E-state index in [2.05, 4.69) is 0 Å². The summed E-state index contributed by atoms with van der Waals surface area (Å²) in [6.07, 6.45) is -4.99. The Labute approximate surface area is 314 Å². The number of phenols is 2. The molecule has 3 saturated heterocycles. The summed E-state index contributed by atoms with van der Waals surface area (Å²) in [4.78, 5) is 41.2. The highest BCUT2D eigenvalue weighted by Crippen LogP contribution is 2.49. The van der Waals surface area contributed by atoms with Crippen molar-refractivity contribution in [3.05, 3.63) is 57.6 Å². The minimum absolute atomic E-state index is 0.0133. The summed E-state index contributed by atoms with van der Waals surface area (Å²) in [5.74, 6) is -1.91. The van der Waals surface area contributed by atoms with E-state index in [0.717, 1.165) is 0 Å². The third kappa shape index (κ3) is 7.12. The third-order valence-electron chi connectivity index (χ3n) is 11.8. The molecule has 3 heterocycles. The molecular formula is C40H51NO13. The van der Waals surface area contributed by atoms with E-state index in [1.807, 2.05) is 32.8 Å². The second-order valence-electron chi connectivity index (χ2n) is 15.7. The number of rotatable bonds is 8. The number of carbonyl (C=O) groups excluding carboxylic acids is 3. The standard InChI is InChI=1S/C40H51NO13/c1-7-40(48)16-21-13-23-34(37(47)33-22(35(23)45)9-8-10-26(33)43)36(46)32(21)28(17-40)52-30-14-24(41(5)6)38(19(3)50-30)54-31-15-27(44)39(20(4)51-31)53-29-12-11-25(42)18(2)49-29/h8-10,13,18-20,24,27-31,38-39,43-44,46,48H,7,11-12,14-17H2,1-6H3/t18-,19-,20-,24-,27-,28-,29-,30-,31-,38+,39+,40-/m0/s1. The maximum Gasteiger partial charge on any atom is 0.201 e. The van der Waals surface area contributed by atoms with E-state index < -0.39 is 84.5 Å². The second-order valence-corrected chi connectivity index (χ2v) is 15.7. The van der Waals surface area contributed by atoms with Gasteiger partial charge in [-0.05, 0) is 59.0 Å². The van der Waals surface area contributed by atoms with E-state index in [9.17, 15) is 34.8 Å². The smallest absolute Gasteiger partial charge is 0.201 e. The molecule has 0 aromatic heterocycles. The maximum absolute atomic E-state index is 13.7. The van der Waals surface area contributed by atoms with Crippen molar-refractivity contribution in [1.82, 2.24) is 4.90 Å². The summed E-state index contributed by atoms with van der Waals surface area (Å²) in [6, 6.07) is 5.59. The molecule has 14 heteroatoms. The molecule has 12 atom stereocenters. The van der Waals surface area contributed by atoms with Crippen LogP contribution in [-0.2, 0) is 39.6 Å². The number of carbonyl (C=O) groups is 3. The maximum atomic E-state index is 13.7. The van der Waals surface area contributed by atoms with Gasteiger partial charge in [0.05, 0.1) is 41.1 Å². The number of benzene rings is 2. The van der Waals surface area contributed by atoms with Crippen LogP contribution in [0.4, 0.5) is 0 Å². The van der Waals surface area contributed by atoms with Gasteiger partial charge >= 0.3 is 0 Å². The molecule has 294 valence electrons. The number of ketones is 3. The number of aromatic hydroxyl groups is 2. The van der Waals surface area contributed by atoms with Crippen molar-refractivity contribution >= 4 is 17.3 Å². The first-order valence-corrected chi connectivity index (χ1v) is 18.9. The van der Waals surface area contributed by atoms with Crippen molar-refractivity contribution in [2.24, 2.45) is 0 Å². The van der Waals surface area contributed by atoms with E-state index in [4.69, 9.17) is 28.4 Å². The van der Waals surface area contributed by atoms with Gasteiger partial charge in [-0.3, -0.25) is 14.4 Å². The fourth-order valence-corrected chi connectivity index (χ4v) is 8.73. The number of aliphatic hydroxyl groups excluding tert-OH is 1. The first-order valence-electron chi connectivity index (χ1n) is 18.9. The van der Waals surface area contributed by atoms with E-state index in [0.29, 0.717) is 36.8 Å². The van der Waals surface area contributed by atoms with E-state index in [1.54, 1.807) is 19.9 Å². The van der Waals surface area contributed by atoms with Crippen LogP contribution in [-0.4, -0.2) is 124 Å². The summed E-state index contributed by atoms with van der Waals surface area (Å²) in [5, 5.41) is 45.1. The molecule has 2 aromatic rings. The summed E-state index contributed by atoms with van der Waals surface area (Å²) in [7, 11) is 3.82. The Morgan fingerprint density at radius 3 is 2.22 bits per heavy atom. The summed E-state index contributed by atoms with van der Waals surface area (Å²) >= 11 is 0. The summed E-state index contributed by atoms with van der Waals surface area (Å²) in [5.41, 5.74) is -0.723. The fourth-order valence-electron chi connectivity index (χ4n) is 8.73. The SMILES string of the molecule is CC[C@]1(O)Cc2cc3c(c(O)c2[C@@H](O[C@H]2C[C@H](N(C)C)[C@H](O[C@H]4C[C@H](O)[C@H](O[C@H]5CCC(=O)[C@H](C)O5)[C@H](C)O4)[C@H](C)O2)C1)C(=O)c1c(O)cccc1C3=O. The monoisotopic (exact) mass is 753 g/mol. The van der Waals surface area contributed by atoms with Gasteiger partial charge in [0.1, 0.15) is 29.8 Å². The Morgan fingerprint density at radius 2 is 1.56 bits per heavy atom. The molecular weight excluding hydrogens is 702 g/mol. The Kier molecular flexibility index (Phi) is 10.8. The first-order chi connectivity index (χ1) is 25.6. The van der Waals surface area contributed by atoms with Gasteiger partial charge in [-0.2, -0.15) is 0 Å². The quantitative estimate of drug-likeness (QED) is 0.262. The molecule has 0 unspecified atom stereocenters. The number of fused-ring (bicyclic) bond motifs is 3. The van der Waals surface area contributed by atoms with Crippen molar-refractivity contribution in [3.8, 4) is 11.5 Å². The van der Waals surface area contributed by atoms with Crippen LogP contribution in [0.25, 0.3) is 0 Å². The second kappa shape index (κ2) is 15.0. The molecule has 0 amide bonds. The van der Waals surface area contributed by atoms with Crippen molar-refractivity contribution in [3.63, 3.8) is 0 Å². The largest absolute Gasteiger partial charge is 0.507 e. The fraction of sp³-hybridized carbons (Fsp3) is 0.625. The molecule has 4 N–H and O–H groups in total. The van der Waals surface area contributed by atoms with E-state index >= 15 is 0 Å². The number of nitrogens with zero attached hydrogens (tertiary/aromatic N) is 1. The van der Waals surface area contributed by atoms with E-state index in [1.165, 1.54) is 18.2 Å². The Balaban J connectivity index is 1.08. The summed E-state index contributed by atoms with van der Waals surface area (Å²) < 4.78 is 37.5. The number of hydrogen-bond acceptors (Lipinski definition) is 14. The van der Waals surface area contributed by atoms with Gasteiger partial charge in [0, 0.05) is 61.3 Å². The number of hydrogen-bond donors (Lipinski definition) is 4. The molecule has 0 spiro atoms. The van der Waals surface area contributed by atoms with Gasteiger partial charge in [0.25, 0.3) is 0 Å². The van der Waals surface area contributed by atoms with Gasteiger partial charge < -0.3 is 53.7 Å². The van der Waals surface area contributed by atoms with Crippen molar-refractivity contribution in [2.45, 2.75) is 146 Å². The van der Waals surface area contributed by atoms with Crippen LogP contribution >= 0.6 is 0 Å². The van der Waals surface area contributed by atoms with Gasteiger partial charge in [0.15, 0.2) is 30.4 Å². The molecule has 0 saturated carbocycles. The van der Waals surface area contributed by atoms with Crippen molar-refractivity contribution < 1.29 is 63.2 Å². The highest BCUT2D eigenvalue weighted by Gasteiger charge is 2.48. The van der Waals surface area contributed by atoms with Crippen LogP contribution in [0.15, 0.2) is 24.3 Å². The minimum Gasteiger partial charge on any atom is -0.507 e. The molecule has 14 nitrogen and oxygen atoms in total. The highest BCUT2D eigenvalue weighted by molar-refractivity contribution is 6.30. The Hall–Kier alpha value is -3.31. The van der Waals surface area contributed by atoms with Crippen molar-refractivity contribution in [2.75, 3.05) is 14.1 Å². The third-order valence-corrected chi connectivity index (χ3v) is 11.8. The average Bonchev–Trinajstić information content (AvgIpc) is 3.10. The molecule has 0 radical (unpaired) electrons. The van der Waals surface area contributed by atoms with Crippen LogP contribution in [0, 0.1) is 0 Å². The predicted octanol–water partition coefficient (Wildman–Crippen LogP) is 3.44. The van der Waals surface area contributed by atoms with Gasteiger partial charge in [-0.15, -0.1) is 0 Å². The van der Waals surface area contributed by atoms with Crippen LogP contribution in [0.3, 0.4) is 0 Å². The molecule has 3 fully saturated rings. The molecule has 2 aromatic carbocycles. The zero-order valence-electron chi connectivity index (χ0n) is 31.5. The molecule has 2 aliphatic carbocycles. The number of likely N-dealkylation sites (N-methyl/N-ethyl adjacent to an activating group) is 1. The van der Waals surface area contributed by atoms with Gasteiger partial charge in [-0.25, -0.2) is 0 Å². The lowest BCUT2D eigenvalue weighted by Crippen LogP contribution is -2.58. The molecule has 5 aliphatic rings. The van der Waals surface area contributed by atoms with Crippen LogP contribution in [0.2, 0.25) is 0 Å². The Bertz CT molecular complexity index is 1780. The molecule has 7 rings (SSSR count). The first kappa shape index (κ1) is 38.9. The molecule has 3 aliphatic heterocycles. The summed E-state index contributed by atoms with van der Waals surface area (Å²) in [6.45, 7) is 7.19. The average molecular weight is 754 g/mol. The Morgan fingerprint density at radius 1 is 0.870 bits per heavy atom. The topological polar surface area (TPSA) is 191 Å². The van der Waals surface area contributed by atoms with Gasteiger partial charge in [-0.1, -0.05) is 19.1 Å².